The maximum absolute atomic E-state index is 5.81. The van der Waals surface area contributed by atoms with Crippen LogP contribution in [0.1, 0.15) is 13.8 Å². The summed E-state index contributed by atoms with van der Waals surface area (Å²) in [5, 5.41) is 3.17. The Morgan fingerprint density at radius 2 is 2.25 bits per heavy atom. The fraction of sp³-hybridized carbons (Fsp3) is 1.00. The number of hydrogen-bond acceptors (Lipinski definition) is 4. The molecule has 0 aromatic rings. The minimum Gasteiger partial charge on any atom is -0.374 e. The fourth-order valence-electron chi connectivity index (χ4n) is 2.06. The predicted molar refractivity (Wildman–Crippen MR) is 67.9 cm³/mol. The van der Waals surface area contributed by atoms with Crippen LogP contribution in [-0.4, -0.2) is 75.4 Å². The van der Waals surface area contributed by atoms with E-state index in [9.17, 15) is 0 Å². The number of likely N-dealkylation sites (N-methyl/N-ethyl adjacent to an activating group) is 2. The zero-order valence-electron chi connectivity index (χ0n) is 11.2. The minimum absolute atomic E-state index is 0.373. The van der Waals surface area contributed by atoms with Gasteiger partial charge in [-0.3, -0.25) is 4.90 Å². The van der Waals surface area contributed by atoms with Crippen molar-refractivity contribution in [3.05, 3.63) is 0 Å². The Morgan fingerprint density at radius 1 is 1.50 bits per heavy atom. The number of morpholine rings is 1. The molecule has 1 atom stereocenters. The first-order chi connectivity index (χ1) is 7.63. The van der Waals surface area contributed by atoms with Crippen LogP contribution in [-0.2, 0) is 4.74 Å². The highest BCUT2D eigenvalue weighted by Gasteiger charge is 2.22. The van der Waals surface area contributed by atoms with Crippen molar-refractivity contribution in [1.29, 1.82) is 0 Å². The SMILES string of the molecule is CNCCN(C)CC1CN(C(C)C)CCO1. The maximum atomic E-state index is 5.81. The van der Waals surface area contributed by atoms with Crippen LogP contribution in [0.15, 0.2) is 0 Å². The molecule has 0 bridgehead atoms. The van der Waals surface area contributed by atoms with Crippen LogP contribution in [0, 0.1) is 0 Å². The van der Waals surface area contributed by atoms with Crippen LogP contribution in [0.3, 0.4) is 0 Å². The lowest BCUT2D eigenvalue weighted by atomic mass is 10.2. The second-order valence-corrected chi connectivity index (χ2v) is 4.95. The van der Waals surface area contributed by atoms with Gasteiger partial charge in [0.1, 0.15) is 0 Å². The molecular formula is C12H27N3O. The molecule has 4 nitrogen and oxygen atoms in total. The average molecular weight is 229 g/mol. The lowest BCUT2D eigenvalue weighted by Crippen LogP contribution is -2.49. The van der Waals surface area contributed by atoms with Gasteiger partial charge in [0.2, 0.25) is 0 Å². The van der Waals surface area contributed by atoms with Crippen molar-refractivity contribution >= 4 is 0 Å². The first-order valence-corrected chi connectivity index (χ1v) is 6.32. The maximum Gasteiger partial charge on any atom is 0.0829 e. The number of nitrogens with one attached hydrogen (secondary N) is 1. The summed E-state index contributed by atoms with van der Waals surface area (Å²) in [5.74, 6) is 0. The van der Waals surface area contributed by atoms with Gasteiger partial charge in [-0.2, -0.15) is 0 Å². The minimum atomic E-state index is 0.373. The summed E-state index contributed by atoms with van der Waals surface area (Å²) < 4.78 is 5.81. The monoisotopic (exact) mass is 229 g/mol. The normalized spacial score (nSPS) is 23.2. The Kier molecular flexibility index (Phi) is 6.28. The van der Waals surface area contributed by atoms with Crippen molar-refractivity contribution in [1.82, 2.24) is 15.1 Å². The van der Waals surface area contributed by atoms with E-state index in [0.717, 1.165) is 39.3 Å². The molecule has 1 unspecified atom stereocenters. The third-order valence-electron chi connectivity index (χ3n) is 3.16. The van der Waals surface area contributed by atoms with Gasteiger partial charge in [-0.15, -0.1) is 0 Å². The summed E-state index contributed by atoms with van der Waals surface area (Å²) in [6.45, 7) is 10.7. The molecule has 4 heteroatoms. The lowest BCUT2D eigenvalue weighted by Gasteiger charge is -2.37. The fourth-order valence-corrected chi connectivity index (χ4v) is 2.06. The number of hydrogen-bond donors (Lipinski definition) is 1. The van der Waals surface area contributed by atoms with Gasteiger partial charge in [0.05, 0.1) is 12.7 Å². The summed E-state index contributed by atoms with van der Waals surface area (Å²) in [4.78, 5) is 4.84. The summed E-state index contributed by atoms with van der Waals surface area (Å²) >= 11 is 0. The summed E-state index contributed by atoms with van der Waals surface area (Å²) in [7, 11) is 4.15. The second-order valence-electron chi connectivity index (χ2n) is 4.95. The highest BCUT2D eigenvalue weighted by molar-refractivity contribution is 4.76. The highest BCUT2D eigenvalue weighted by atomic mass is 16.5. The molecule has 96 valence electrons. The van der Waals surface area contributed by atoms with Gasteiger partial charge in [0.25, 0.3) is 0 Å². The molecule has 0 aromatic carbocycles. The van der Waals surface area contributed by atoms with Gasteiger partial charge < -0.3 is 15.0 Å². The van der Waals surface area contributed by atoms with E-state index in [1.54, 1.807) is 0 Å². The van der Waals surface area contributed by atoms with E-state index < -0.39 is 0 Å². The van der Waals surface area contributed by atoms with Crippen molar-refractivity contribution in [3.8, 4) is 0 Å². The zero-order valence-corrected chi connectivity index (χ0v) is 11.2. The number of ether oxygens (including phenoxy) is 1. The molecule has 1 heterocycles. The molecule has 1 rings (SSSR count). The van der Waals surface area contributed by atoms with Crippen LogP contribution in [0.5, 0.6) is 0 Å². The number of nitrogens with zero attached hydrogens (tertiary/aromatic N) is 2. The standard InChI is InChI=1S/C12H27N3O/c1-11(2)15-7-8-16-12(10-15)9-14(4)6-5-13-3/h11-13H,5-10H2,1-4H3. The van der Waals surface area contributed by atoms with Gasteiger partial charge in [0, 0.05) is 38.8 Å². The van der Waals surface area contributed by atoms with E-state index in [4.69, 9.17) is 4.74 Å². The van der Waals surface area contributed by atoms with Gasteiger partial charge >= 0.3 is 0 Å². The molecule has 1 fully saturated rings. The molecule has 0 amide bonds. The average Bonchev–Trinajstić information content (AvgIpc) is 2.26. The molecule has 0 saturated carbocycles. The van der Waals surface area contributed by atoms with Crippen molar-refractivity contribution in [2.75, 3.05) is 53.4 Å². The molecule has 1 saturated heterocycles. The van der Waals surface area contributed by atoms with Crippen LogP contribution >= 0.6 is 0 Å². The van der Waals surface area contributed by atoms with Gasteiger partial charge in [0.15, 0.2) is 0 Å². The van der Waals surface area contributed by atoms with E-state index in [1.165, 1.54) is 0 Å². The Morgan fingerprint density at radius 3 is 2.88 bits per heavy atom. The highest BCUT2D eigenvalue weighted by Crippen LogP contribution is 2.09. The summed E-state index contributed by atoms with van der Waals surface area (Å²) in [6.07, 6.45) is 0.373. The topological polar surface area (TPSA) is 27.7 Å². The van der Waals surface area contributed by atoms with Gasteiger partial charge in [-0.05, 0) is 27.9 Å². The van der Waals surface area contributed by atoms with Crippen molar-refractivity contribution in [2.45, 2.75) is 26.0 Å². The molecule has 1 N–H and O–H groups in total. The third-order valence-corrected chi connectivity index (χ3v) is 3.16. The summed E-state index contributed by atoms with van der Waals surface area (Å²) in [5.41, 5.74) is 0. The Bertz CT molecular complexity index is 187. The molecule has 0 aromatic heterocycles. The van der Waals surface area contributed by atoms with E-state index >= 15 is 0 Å². The van der Waals surface area contributed by atoms with Crippen LogP contribution in [0.25, 0.3) is 0 Å². The molecule has 1 aliphatic rings. The first kappa shape index (κ1) is 13.9. The Balaban J connectivity index is 2.25. The lowest BCUT2D eigenvalue weighted by molar-refractivity contribution is -0.0493. The molecule has 1 aliphatic heterocycles. The Hall–Kier alpha value is -0.160. The van der Waals surface area contributed by atoms with Crippen molar-refractivity contribution in [3.63, 3.8) is 0 Å². The third kappa shape index (κ3) is 4.78. The number of rotatable bonds is 6. The van der Waals surface area contributed by atoms with Gasteiger partial charge in [-0.1, -0.05) is 0 Å². The second kappa shape index (κ2) is 7.22. The quantitative estimate of drug-likeness (QED) is 0.706. The molecule has 16 heavy (non-hydrogen) atoms. The van der Waals surface area contributed by atoms with Crippen molar-refractivity contribution in [2.24, 2.45) is 0 Å². The Labute approximate surface area is 99.9 Å². The van der Waals surface area contributed by atoms with Gasteiger partial charge in [-0.25, -0.2) is 0 Å². The largest absolute Gasteiger partial charge is 0.374 e. The van der Waals surface area contributed by atoms with E-state index in [0.29, 0.717) is 12.1 Å². The van der Waals surface area contributed by atoms with Crippen LogP contribution in [0.2, 0.25) is 0 Å². The predicted octanol–water partition coefficient (Wildman–Crippen LogP) is 0.247. The van der Waals surface area contributed by atoms with Crippen LogP contribution in [0.4, 0.5) is 0 Å². The zero-order chi connectivity index (χ0) is 12.0. The van der Waals surface area contributed by atoms with E-state index in [-0.39, 0.29) is 0 Å². The molecule has 0 radical (unpaired) electrons. The molecule has 0 spiro atoms. The van der Waals surface area contributed by atoms with E-state index in [1.807, 2.05) is 7.05 Å². The first-order valence-electron chi connectivity index (χ1n) is 6.32. The van der Waals surface area contributed by atoms with Crippen LogP contribution < -0.4 is 5.32 Å². The smallest absolute Gasteiger partial charge is 0.0829 e. The molecular weight excluding hydrogens is 202 g/mol. The molecule has 0 aliphatic carbocycles. The van der Waals surface area contributed by atoms with Crippen molar-refractivity contribution < 1.29 is 4.74 Å². The summed E-state index contributed by atoms with van der Waals surface area (Å²) in [6, 6.07) is 0.633. The van der Waals surface area contributed by atoms with E-state index in [2.05, 4.69) is 36.0 Å².